The van der Waals surface area contributed by atoms with Crippen LogP contribution in [0.2, 0.25) is 10.3 Å². The summed E-state index contributed by atoms with van der Waals surface area (Å²) < 4.78 is 0. The third-order valence-electron chi connectivity index (χ3n) is 2.85. The summed E-state index contributed by atoms with van der Waals surface area (Å²) in [5, 5.41) is 9.06. The van der Waals surface area contributed by atoms with Crippen molar-refractivity contribution in [3.05, 3.63) is 57.8 Å². The molecule has 1 aromatic heterocycles. The van der Waals surface area contributed by atoms with Gasteiger partial charge < -0.3 is 10.0 Å². The predicted molar refractivity (Wildman–Crippen MR) is 80.4 cm³/mol. The maximum Gasteiger partial charge on any atom is 0.335 e. The molecule has 7 heteroatoms. The van der Waals surface area contributed by atoms with Gasteiger partial charge in [0.15, 0.2) is 0 Å². The fourth-order valence-electron chi connectivity index (χ4n) is 1.70. The predicted octanol–water partition coefficient (Wildman–Crippen LogP) is 3.36. The van der Waals surface area contributed by atoms with Crippen molar-refractivity contribution >= 4 is 40.8 Å². The topological polar surface area (TPSA) is 70.5 Å². The first-order valence-corrected chi connectivity index (χ1v) is 6.59. The second kappa shape index (κ2) is 6.11. The molecule has 0 aliphatic carbocycles. The van der Waals surface area contributed by atoms with Crippen LogP contribution in [-0.4, -0.2) is 29.0 Å². The molecule has 1 amide bonds. The summed E-state index contributed by atoms with van der Waals surface area (Å²) in [6.07, 6.45) is 0. The van der Waals surface area contributed by atoms with Crippen LogP contribution in [0.3, 0.4) is 0 Å². The highest BCUT2D eigenvalue weighted by Gasteiger charge is 2.18. The minimum absolute atomic E-state index is 0.0153. The number of anilines is 1. The summed E-state index contributed by atoms with van der Waals surface area (Å²) >= 11 is 11.6. The van der Waals surface area contributed by atoms with Gasteiger partial charge in [0.05, 0.1) is 11.1 Å². The minimum Gasteiger partial charge on any atom is -0.478 e. The number of pyridine rings is 1. The quantitative estimate of drug-likeness (QED) is 0.879. The van der Waals surface area contributed by atoms with Crippen molar-refractivity contribution in [1.82, 2.24) is 4.98 Å². The number of carbonyl (C=O) groups excluding carboxylic acids is 1. The van der Waals surface area contributed by atoms with Crippen LogP contribution in [0.5, 0.6) is 0 Å². The number of carbonyl (C=O) groups is 2. The lowest BCUT2D eigenvalue weighted by molar-refractivity contribution is 0.0696. The Morgan fingerprint density at radius 1 is 1.10 bits per heavy atom. The van der Waals surface area contributed by atoms with Gasteiger partial charge in [-0.1, -0.05) is 23.2 Å². The van der Waals surface area contributed by atoms with Crippen LogP contribution in [-0.2, 0) is 0 Å². The van der Waals surface area contributed by atoms with Crippen molar-refractivity contribution in [3.8, 4) is 0 Å². The molecule has 0 unspecified atom stereocenters. The fraction of sp³-hybridized carbons (Fsp3) is 0.0714. The molecule has 0 radical (unpaired) electrons. The number of aromatic carboxylic acids is 1. The zero-order chi connectivity index (χ0) is 15.6. The van der Waals surface area contributed by atoms with Gasteiger partial charge in [0, 0.05) is 12.7 Å². The summed E-state index contributed by atoms with van der Waals surface area (Å²) in [7, 11) is 1.56. The molecule has 5 nitrogen and oxygen atoms in total. The SMILES string of the molecule is CN(C(=O)c1ccc(Cl)nc1Cl)c1ccc(C(=O)O)cc1. The van der Waals surface area contributed by atoms with Gasteiger partial charge in [-0.05, 0) is 36.4 Å². The monoisotopic (exact) mass is 324 g/mol. The van der Waals surface area contributed by atoms with Crippen molar-refractivity contribution in [2.24, 2.45) is 0 Å². The van der Waals surface area contributed by atoms with Crippen LogP contribution in [0.15, 0.2) is 36.4 Å². The maximum atomic E-state index is 12.3. The number of aromatic nitrogens is 1. The summed E-state index contributed by atoms with van der Waals surface area (Å²) in [4.78, 5) is 28.3. The number of carboxylic acids is 1. The standard InChI is InChI=1S/C14H10Cl2N2O3/c1-18(9-4-2-8(3-5-9)14(20)21)13(19)10-6-7-11(15)17-12(10)16/h2-7H,1H3,(H,20,21). The van der Waals surface area contributed by atoms with E-state index in [1.54, 1.807) is 19.2 Å². The van der Waals surface area contributed by atoms with Gasteiger partial charge in [-0.25, -0.2) is 9.78 Å². The molecule has 0 aliphatic rings. The normalized spacial score (nSPS) is 10.2. The van der Waals surface area contributed by atoms with E-state index in [1.807, 2.05) is 0 Å². The van der Waals surface area contributed by atoms with Crippen LogP contribution in [0.1, 0.15) is 20.7 Å². The van der Waals surface area contributed by atoms with Gasteiger partial charge in [-0.3, -0.25) is 4.79 Å². The maximum absolute atomic E-state index is 12.3. The molecule has 0 atom stereocenters. The van der Waals surface area contributed by atoms with Gasteiger partial charge in [0.2, 0.25) is 0 Å². The van der Waals surface area contributed by atoms with Gasteiger partial charge in [0.1, 0.15) is 10.3 Å². The Morgan fingerprint density at radius 2 is 1.71 bits per heavy atom. The van der Waals surface area contributed by atoms with Gasteiger partial charge in [-0.15, -0.1) is 0 Å². The van der Waals surface area contributed by atoms with Crippen molar-refractivity contribution < 1.29 is 14.7 Å². The van der Waals surface area contributed by atoms with E-state index in [9.17, 15) is 9.59 Å². The molecule has 0 spiro atoms. The first-order chi connectivity index (χ1) is 9.90. The molecule has 2 aromatic rings. The molecule has 0 saturated carbocycles. The minimum atomic E-state index is -1.03. The Hall–Kier alpha value is -2.11. The fourth-order valence-corrected chi connectivity index (χ4v) is 2.12. The van der Waals surface area contributed by atoms with Crippen LogP contribution in [0, 0.1) is 0 Å². The molecule has 0 fully saturated rings. The zero-order valence-electron chi connectivity index (χ0n) is 10.9. The Bertz CT molecular complexity index is 702. The number of benzene rings is 1. The van der Waals surface area contributed by atoms with Crippen LogP contribution in [0.4, 0.5) is 5.69 Å². The smallest absolute Gasteiger partial charge is 0.335 e. The number of rotatable bonds is 3. The summed E-state index contributed by atoms with van der Waals surface area (Å²) in [6.45, 7) is 0. The lowest BCUT2D eigenvalue weighted by Gasteiger charge is -2.18. The van der Waals surface area contributed by atoms with E-state index < -0.39 is 5.97 Å². The van der Waals surface area contributed by atoms with E-state index >= 15 is 0 Å². The van der Waals surface area contributed by atoms with E-state index in [4.69, 9.17) is 28.3 Å². The van der Waals surface area contributed by atoms with E-state index in [-0.39, 0.29) is 27.3 Å². The number of carboxylic acid groups (broad SMARTS) is 1. The highest BCUT2D eigenvalue weighted by Crippen LogP contribution is 2.21. The van der Waals surface area contributed by atoms with Crippen LogP contribution in [0.25, 0.3) is 0 Å². The summed E-state index contributed by atoms with van der Waals surface area (Å²) in [5.41, 5.74) is 0.896. The van der Waals surface area contributed by atoms with Crippen LogP contribution >= 0.6 is 23.2 Å². The molecule has 0 aliphatic heterocycles. The van der Waals surface area contributed by atoms with Gasteiger partial charge in [0.25, 0.3) is 5.91 Å². The molecule has 21 heavy (non-hydrogen) atoms. The highest BCUT2D eigenvalue weighted by atomic mass is 35.5. The molecule has 1 N–H and O–H groups in total. The van der Waals surface area contributed by atoms with Crippen molar-refractivity contribution in [3.63, 3.8) is 0 Å². The average Bonchev–Trinajstić information content (AvgIpc) is 2.46. The number of hydrogen-bond donors (Lipinski definition) is 1. The molecule has 0 bridgehead atoms. The second-order valence-electron chi connectivity index (χ2n) is 4.19. The summed E-state index contributed by atoms with van der Waals surface area (Å²) in [6, 6.07) is 8.88. The van der Waals surface area contributed by atoms with E-state index in [1.165, 1.54) is 29.2 Å². The molecule has 0 saturated heterocycles. The molecular weight excluding hydrogens is 315 g/mol. The van der Waals surface area contributed by atoms with Crippen molar-refractivity contribution in [2.45, 2.75) is 0 Å². The lowest BCUT2D eigenvalue weighted by atomic mass is 10.2. The summed E-state index contributed by atoms with van der Waals surface area (Å²) in [5.74, 6) is -1.40. The molecule has 108 valence electrons. The number of nitrogens with zero attached hydrogens (tertiary/aromatic N) is 2. The number of halogens is 2. The third kappa shape index (κ3) is 3.32. The second-order valence-corrected chi connectivity index (χ2v) is 4.93. The van der Waals surface area contributed by atoms with Gasteiger partial charge >= 0.3 is 5.97 Å². The van der Waals surface area contributed by atoms with E-state index in [0.29, 0.717) is 5.69 Å². The van der Waals surface area contributed by atoms with E-state index in [0.717, 1.165) is 0 Å². The van der Waals surface area contributed by atoms with E-state index in [2.05, 4.69) is 4.98 Å². The first kappa shape index (κ1) is 15.3. The number of amides is 1. The molecule has 1 aromatic carbocycles. The lowest BCUT2D eigenvalue weighted by Crippen LogP contribution is -2.26. The Kier molecular flexibility index (Phi) is 4.45. The Labute approximate surface area is 130 Å². The third-order valence-corrected chi connectivity index (χ3v) is 3.35. The Balaban J connectivity index is 2.28. The average molecular weight is 325 g/mol. The van der Waals surface area contributed by atoms with Gasteiger partial charge in [-0.2, -0.15) is 0 Å². The van der Waals surface area contributed by atoms with Crippen LogP contribution < -0.4 is 4.90 Å². The molecule has 1 heterocycles. The zero-order valence-corrected chi connectivity index (χ0v) is 12.4. The highest BCUT2D eigenvalue weighted by molar-refractivity contribution is 6.35. The first-order valence-electron chi connectivity index (χ1n) is 5.83. The number of hydrogen-bond acceptors (Lipinski definition) is 3. The molecule has 2 rings (SSSR count). The molecular formula is C14H10Cl2N2O3. The van der Waals surface area contributed by atoms with Crippen molar-refractivity contribution in [1.29, 1.82) is 0 Å². The Morgan fingerprint density at radius 3 is 2.24 bits per heavy atom. The largest absolute Gasteiger partial charge is 0.478 e. The van der Waals surface area contributed by atoms with Crippen molar-refractivity contribution in [2.75, 3.05) is 11.9 Å².